The predicted octanol–water partition coefficient (Wildman–Crippen LogP) is 9.14. The first kappa shape index (κ1) is 62.4. The van der Waals surface area contributed by atoms with Crippen molar-refractivity contribution >= 4 is 41.9 Å². The van der Waals surface area contributed by atoms with Crippen molar-refractivity contribution in [3.8, 4) is 11.4 Å². The Morgan fingerprint density at radius 1 is 0.590 bits per heavy atom. The summed E-state index contributed by atoms with van der Waals surface area (Å²) in [4.78, 5) is 72.2. The Labute approximate surface area is 445 Å². The van der Waals surface area contributed by atoms with Gasteiger partial charge in [0.15, 0.2) is 11.7 Å². The van der Waals surface area contributed by atoms with Gasteiger partial charge in [0.1, 0.15) is 69.8 Å². The number of hydrogen-bond acceptors (Lipinski definition) is 15. The van der Waals surface area contributed by atoms with Crippen LogP contribution in [0.3, 0.4) is 0 Å². The van der Waals surface area contributed by atoms with Crippen LogP contribution < -0.4 is 11.5 Å². The molecule has 7 rings (SSSR count). The molecule has 3 aliphatic rings. The van der Waals surface area contributed by atoms with Crippen LogP contribution in [0.5, 0.6) is 0 Å². The summed E-state index contributed by atoms with van der Waals surface area (Å²) in [6.45, 7) is 17.1. The number of carbonyl (C=O) groups is 5. The van der Waals surface area contributed by atoms with E-state index in [1.54, 1.807) is 62.3 Å². The lowest BCUT2D eigenvalue weighted by Crippen LogP contribution is -2.43. The van der Waals surface area contributed by atoms with Crippen molar-refractivity contribution in [2.24, 2.45) is 21.8 Å². The van der Waals surface area contributed by atoms with E-state index in [-0.39, 0.29) is 40.1 Å². The van der Waals surface area contributed by atoms with Crippen molar-refractivity contribution in [1.82, 2.24) is 24.8 Å². The Morgan fingerprint density at radius 3 is 1.41 bits per heavy atom. The zero-order valence-corrected chi connectivity index (χ0v) is 44.3. The smallest absolute Gasteiger partial charge is 0.411 e. The minimum absolute atomic E-state index is 0.00926. The number of rotatable bonds is 7. The summed E-state index contributed by atoms with van der Waals surface area (Å²) in [6, 6.07) is 6.27. The summed E-state index contributed by atoms with van der Waals surface area (Å²) in [6.07, 6.45) is 2.04. The molecule has 3 atom stereocenters. The molecule has 27 heteroatoms. The topological polar surface area (TPSA) is 288 Å². The summed E-state index contributed by atoms with van der Waals surface area (Å²) in [7, 11) is 0. The average molecular weight is 1110 g/mol. The van der Waals surface area contributed by atoms with E-state index in [1.165, 1.54) is 14.7 Å². The lowest BCUT2D eigenvalue weighted by Gasteiger charge is -2.27. The molecule has 0 spiro atoms. The monoisotopic (exact) mass is 1110 g/mol. The predicted molar refractivity (Wildman–Crippen MR) is 266 cm³/mol. The molecule has 0 radical (unpaired) electrons. The number of ether oxygens (including phenoxy) is 3. The van der Waals surface area contributed by atoms with Crippen LogP contribution in [0.4, 0.5) is 40.7 Å². The molecule has 0 unspecified atom stereocenters. The average Bonchev–Trinajstić information content (AvgIpc) is 4.16. The van der Waals surface area contributed by atoms with Crippen molar-refractivity contribution in [2.75, 3.05) is 19.6 Å². The molecule has 3 fully saturated rings. The summed E-state index contributed by atoms with van der Waals surface area (Å²) >= 11 is 0. The molecule has 6 N–H and O–H groups in total. The van der Waals surface area contributed by atoms with Crippen molar-refractivity contribution < 1.29 is 84.2 Å². The quantitative estimate of drug-likeness (QED) is 0.0255. The van der Waals surface area contributed by atoms with Gasteiger partial charge in [0, 0.05) is 54.5 Å². The number of likely N-dealkylation sites (tertiary alicyclic amines) is 3. The number of aliphatic carboxylic acids is 1. The van der Waals surface area contributed by atoms with E-state index in [0.29, 0.717) is 57.5 Å². The lowest BCUT2D eigenvalue weighted by molar-refractivity contribution is -0.148. The number of carboxylic acids is 1. The van der Waals surface area contributed by atoms with Gasteiger partial charge in [0.25, 0.3) is 0 Å². The molecule has 0 bridgehead atoms. The van der Waals surface area contributed by atoms with E-state index in [1.807, 2.05) is 0 Å². The van der Waals surface area contributed by atoms with Gasteiger partial charge in [0.2, 0.25) is 11.7 Å². The highest BCUT2D eigenvalue weighted by Crippen LogP contribution is 2.34. The molecule has 3 aromatic carbocycles. The first-order chi connectivity index (χ1) is 36.2. The maximum Gasteiger partial charge on any atom is 0.411 e. The fourth-order valence-electron chi connectivity index (χ4n) is 7.52. The van der Waals surface area contributed by atoms with Gasteiger partial charge in [-0.1, -0.05) is 15.5 Å². The van der Waals surface area contributed by atoms with Gasteiger partial charge >= 0.3 is 30.2 Å². The minimum Gasteiger partial charge on any atom is -0.480 e. The number of oxime groups is 2. The van der Waals surface area contributed by atoms with Crippen LogP contribution in [-0.2, 0) is 28.6 Å². The Kier molecular flexibility index (Phi) is 21.4. The third-order valence-corrected chi connectivity index (χ3v) is 10.7. The van der Waals surface area contributed by atoms with E-state index in [2.05, 4.69) is 20.5 Å². The molecule has 0 aliphatic carbocycles. The highest BCUT2D eigenvalue weighted by Gasteiger charge is 2.40. The third kappa shape index (κ3) is 19.5. The molecule has 426 valence electrons. The fourth-order valence-corrected chi connectivity index (χ4v) is 7.52. The van der Waals surface area contributed by atoms with Crippen LogP contribution in [-0.4, -0.2) is 126 Å². The number of halogens is 6. The summed E-state index contributed by atoms with van der Waals surface area (Å²) in [5.74, 6) is -6.80. The van der Waals surface area contributed by atoms with Crippen LogP contribution in [0.1, 0.15) is 124 Å². The molecule has 78 heavy (non-hydrogen) atoms. The number of aromatic nitrogens is 2. The highest BCUT2D eigenvalue weighted by molar-refractivity contribution is 5.98. The maximum atomic E-state index is 13.4. The first-order valence-corrected chi connectivity index (χ1v) is 24.2. The number of carbonyl (C=O) groups excluding carboxylic acids is 4. The first-order valence-electron chi connectivity index (χ1n) is 24.2. The molecule has 4 heterocycles. The summed E-state index contributed by atoms with van der Waals surface area (Å²) in [5.41, 5.74) is 8.93. The standard InChI is InChI=1S/C17H21F2N3O4.C17H19F2N3O3.C10H17NO4.C7H6F2N2O/c1-17(2,3)25-16(24)22-6-4-5-13(22)15(23)26-21-14(20)10-7-11(18)9-12(19)8-10;1-17(2,3)24-16(23)22-6-4-5-13(22)15-20-14(21-25-15)10-7-11(18)9-12(19)8-10;1-10(2,3)15-9(14)11-6-4-5-7(11)8(12)13;8-5-1-4(7(10)11-12)2-6(9)3-5/h7-9,13H,4-6H2,1-3H3,(H2,20,21);7-9,13H,4-6H2,1-3H3;7H,4-6H2,1-3H3,(H,12,13);1-3,12H,(H2,10,11)/t2*13-;7-;/m000./s1. The van der Waals surface area contributed by atoms with E-state index in [9.17, 15) is 50.3 Å². The summed E-state index contributed by atoms with van der Waals surface area (Å²) < 4.78 is 99.1. The van der Waals surface area contributed by atoms with Gasteiger partial charge in [-0.3, -0.25) is 14.7 Å². The van der Waals surface area contributed by atoms with E-state index in [0.717, 1.165) is 55.3 Å². The van der Waals surface area contributed by atoms with E-state index in [4.69, 9.17) is 45.4 Å². The van der Waals surface area contributed by atoms with Gasteiger partial charge in [0.05, 0.1) is 0 Å². The second kappa shape index (κ2) is 26.8. The molecule has 21 nitrogen and oxygen atoms in total. The van der Waals surface area contributed by atoms with Crippen molar-refractivity contribution in [3.05, 3.63) is 107 Å². The zero-order valence-electron chi connectivity index (χ0n) is 44.3. The number of amides is 3. The van der Waals surface area contributed by atoms with Crippen LogP contribution in [0.2, 0.25) is 0 Å². The van der Waals surface area contributed by atoms with Crippen molar-refractivity contribution in [3.63, 3.8) is 0 Å². The molecular weight excluding hydrogens is 1040 g/mol. The van der Waals surface area contributed by atoms with Gasteiger partial charge in [-0.2, -0.15) is 4.98 Å². The SMILES string of the molecule is CC(C)(C)OC(=O)N1CCC[C@H]1C(=O)O.CC(C)(C)OC(=O)N1CCC[C@H]1C(=O)O/N=C(\N)c1cc(F)cc(F)c1.CC(C)(C)OC(=O)N1CCC[C@H]1c1nc(-c2cc(F)cc(F)c2)no1.N/C(=N\O)c1cc(F)cc(F)c1. The number of benzene rings is 3. The Balaban J connectivity index is 0.000000235. The van der Waals surface area contributed by atoms with Gasteiger partial charge in [-0.25, -0.2) is 50.3 Å². The van der Waals surface area contributed by atoms with E-state index < -0.39 is 100 Å². The molecule has 3 aliphatic heterocycles. The normalized spacial score (nSPS) is 17.6. The molecule has 4 aromatic rings. The Bertz CT molecular complexity index is 2770. The number of amidine groups is 2. The van der Waals surface area contributed by atoms with Crippen LogP contribution >= 0.6 is 0 Å². The second-order valence-electron chi connectivity index (χ2n) is 20.6. The minimum atomic E-state index is -0.960. The second-order valence-corrected chi connectivity index (χ2v) is 20.6. The molecule has 1 aromatic heterocycles. The fraction of sp³-hybridized carbons (Fsp3) is 0.471. The molecule has 3 amide bonds. The van der Waals surface area contributed by atoms with E-state index >= 15 is 0 Å². The maximum absolute atomic E-state index is 13.4. The Hall–Kier alpha value is -8.13. The summed E-state index contributed by atoms with van der Waals surface area (Å²) in [5, 5.41) is 26.9. The number of nitrogens with zero attached hydrogens (tertiary/aromatic N) is 7. The van der Waals surface area contributed by atoms with Crippen molar-refractivity contribution in [2.45, 2.75) is 136 Å². The third-order valence-electron chi connectivity index (χ3n) is 10.7. The van der Waals surface area contributed by atoms with Gasteiger partial charge in [-0.05, 0) is 137 Å². The van der Waals surface area contributed by atoms with Gasteiger partial charge < -0.3 is 45.4 Å². The lowest BCUT2D eigenvalue weighted by atomic mass is 10.2. The van der Waals surface area contributed by atoms with Gasteiger partial charge in [-0.15, -0.1) is 0 Å². The van der Waals surface area contributed by atoms with Crippen LogP contribution in [0.15, 0.2) is 69.4 Å². The number of carboxylic acid groups (broad SMARTS) is 1. The van der Waals surface area contributed by atoms with Crippen molar-refractivity contribution in [1.29, 1.82) is 0 Å². The number of nitrogens with two attached hydrogens (primary N) is 2. The zero-order chi connectivity index (χ0) is 58.4. The molecular formula is C51H63F6N9O12. The Morgan fingerprint density at radius 2 is 0.974 bits per heavy atom. The van der Waals surface area contributed by atoms with Crippen LogP contribution in [0.25, 0.3) is 11.4 Å². The largest absolute Gasteiger partial charge is 0.480 e. The van der Waals surface area contributed by atoms with Crippen LogP contribution in [0, 0.1) is 34.9 Å². The molecule has 0 saturated carbocycles. The number of hydrogen-bond donors (Lipinski definition) is 4. The molecule has 3 saturated heterocycles. The highest BCUT2D eigenvalue weighted by atomic mass is 19.2.